The molecule has 0 unspecified atom stereocenters. The topological polar surface area (TPSA) is 38.7 Å². The lowest BCUT2D eigenvalue weighted by atomic mass is 9.99. The van der Waals surface area contributed by atoms with Gasteiger partial charge in [0.15, 0.2) is 5.82 Å². The summed E-state index contributed by atoms with van der Waals surface area (Å²) in [4.78, 5) is 13.2. The molecular weight excluding hydrogens is 258 g/mol. The van der Waals surface area contributed by atoms with Crippen LogP contribution in [-0.2, 0) is 0 Å². The van der Waals surface area contributed by atoms with Gasteiger partial charge in [0.05, 0.1) is 5.52 Å². The second kappa shape index (κ2) is 6.93. The van der Waals surface area contributed by atoms with Gasteiger partial charge in [0.25, 0.3) is 0 Å². The summed E-state index contributed by atoms with van der Waals surface area (Å²) in [6.07, 6.45) is 5.45. The largest absolute Gasteiger partial charge is 0.264 e. The van der Waals surface area contributed by atoms with Crippen molar-refractivity contribution < 1.29 is 0 Å². The Morgan fingerprint density at radius 2 is 1.76 bits per heavy atom. The van der Waals surface area contributed by atoms with Gasteiger partial charge in [0.1, 0.15) is 0 Å². The molecule has 21 heavy (non-hydrogen) atoms. The third-order valence-corrected chi connectivity index (χ3v) is 3.20. The molecule has 0 amide bonds. The van der Waals surface area contributed by atoms with Crippen LogP contribution in [0, 0.1) is 0 Å². The highest BCUT2D eigenvalue weighted by Gasteiger charge is 2.08. The first-order valence-corrected chi connectivity index (χ1v) is 7.42. The fourth-order valence-electron chi connectivity index (χ4n) is 2.21. The lowest BCUT2D eigenvalue weighted by Crippen LogP contribution is -1.94. The number of benzene rings is 1. The normalized spacial score (nSPS) is 10.3. The Morgan fingerprint density at radius 3 is 2.43 bits per heavy atom. The van der Waals surface area contributed by atoms with E-state index in [0.717, 1.165) is 22.3 Å². The zero-order chi connectivity index (χ0) is 15.2. The molecule has 0 spiro atoms. The van der Waals surface area contributed by atoms with Crippen molar-refractivity contribution in [2.75, 3.05) is 0 Å². The molecule has 0 aliphatic carbocycles. The summed E-state index contributed by atoms with van der Waals surface area (Å²) in [5.41, 5.74) is 3.22. The Morgan fingerprint density at radius 1 is 0.952 bits per heavy atom. The smallest absolute Gasteiger partial charge is 0.161 e. The zero-order valence-electron chi connectivity index (χ0n) is 13.0. The first kappa shape index (κ1) is 15.1. The van der Waals surface area contributed by atoms with E-state index in [0.29, 0.717) is 5.92 Å². The van der Waals surface area contributed by atoms with E-state index in [1.54, 1.807) is 12.4 Å². The van der Waals surface area contributed by atoms with Gasteiger partial charge in [-0.25, -0.2) is 9.97 Å². The first-order valence-electron chi connectivity index (χ1n) is 7.42. The fourth-order valence-corrected chi connectivity index (χ4v) is 2.21. The lowest BCUT2D eigenvalue weighted by Gasteiger charge is -2.09. The van der Waals surface area contributed by atoms with Crippen LogP contribution >= 0.6 is 0 Å². The number of hydrogen-bond donors (Lipinski definition) is 0. The summed E-state index contributed by atoms with van der Waals surface area (Å²) in [6.45, 7) is 8.37. The third-order valence-electron chi connectivity index (χ3n) is 3.20. The molecule has 3 nitrogen and oxygen atoms in total. The fraction of sp³-hybridized carbons (Fsp3) is 0.278. The average Bonchev–Trinajstić information content (AvgIpc) is 2.56. The van der Waals surface area contributed by atoms with Crippen LogP contribution in [0.15, 0.2) is 48.9 Å². The van der Waals surface area contributed by atoms with Crippen LogP contribution in [0.4, 0.5) is 0 Å². The van der Waals surface area contributed by atoms with Crippen molar-refractivity contribution in [2.45, 2.75) is 33.6 Å². The SMILES string of the molecule is CC.CC(C)c1cccc2nc(-c3cccnc3)ncc12. The van der Waals surface area contributed by atoms with Crippen molar-refractivity contribution in [2.24, 2.45) is 0 Å². The van der Waals surface area contributed by atoms with Gasteiger partial charge in [0.2, 0.25) is 0 Å². The molecule has 2 aromatic heterocycles. The number of rotatable bonds is 2. The molecule has 0 atom stereocenters. The summed E-state index contributed by atoms with van der Waals surface area (Å²) >= 11 is 0. The molecule has 3 heteroatoms. The van der Waals surface area contributed by atoms with E-state index in [1.807, 2.05) is 38.2 Å². The minimum Gasteiger partial charge on any atom is -0.264 e. The summed E-state index contributed by atoms with van der Waals surface area (Å²) in [5, 5.41) is 1.13. The van der Waals surface area contributed by atoms with Crippen molar-refractivity contribution in [3.8, 4) is 11.4 Å². The second-order valence-corrected chi connectivity index (χ2v) is 4.87. The summed E-state index contributed by atoms with van der Waals surface area (Å²) in [6, 6.07) is 10.1. The predicted octanol–water partition coefficient (Wildman–Crippen LogP) is 4.84. The Kier molecular flexibility index (Phi) is 4.99. The Bertz CT molecular complexity index is 706. The van der Waals surface area contributed by atoms with E-state index in [2.05, 4.69) is 40.9 Å². The minimum absolute atomic E-state index is 0.469. The quantitative estimate of drug-likeness (QED) is 0.673. The monoisotopic (exact) mass is 279 g/mol. The molecule has 0 aliphatic rings. The molecule has 0 saturated carbocycles. The van der Waals surface area contributed by atoms with Gasteiger partial charge < -0.3 is 0 Å². The van der Waals surface area contributed by atoms with Crippen LogP contribution in [-0.4, -0.2) is 15.0 Å². The van der Waals surface area contributed by atoms with Gasteiger partial charge in [-0.3, -0.25) is 4.98 Å². The van der Waals surface area contributed by atoms with E-state index in [9.17, 15) is 0 Å². The van der Waals surface area contributed by atoms with Crippen LogP contribution in [0.25, 0.3) is 22.3 Å². The van der Waals surface area contributed by atoms with Crippen LogP contribution in [0.3, 0.4) is 0 Å². The van der Waals surface area contributed by atoms with Gasteiger partial charge in [-0.15, -0.1) is 0 Å². The predicted molar refractivity (Wildman–Crippen MR) is 88.2 cm³/mol. The molecular formula is C18H21N3. The third kappa shape index (κ3) is 3.24. The molecule has 1 aromatic carbocycles. The highest BCUT2D eigenvalue weighted by Crippen LogP contribution is 2.25. The van der Waals surface area contributed by atoms with Crippen molar-refractivity contribution in [1.29, 1.82) is 0 Å². The van der Waals surface area contributed by atoms with Crippen molar-refractivity contribution in [3.63, 3.8) is 0 Å². The number of fused-ring (bicyclic) bond motifs is 1. The molecule has 108 valence electrons. The maximum atomic E-state index is 4.64. The molecule has 0 radical (unpaired) electrons. The lowest BCUT2D eigenvalue weighted by molar-refractivity contribution is 0.875. The van der Waals surface area contributed by atoms with Gasteiger partial charge in [0, 0.05) is 29.5 Å². The molecule has 0 fully saturated rings. The maximum Gasteiger partial charge on any atom is 0.161 e. The first-order chi connectivity index (χ1) is 10.3. The summed E-state index contributed by atoms with van der Waals surface area (Å²) < 4.78 is 0. The highest BCUT2D eigenvalue weighted by atomic mass is 14.9. The van der Waals surface area contributed by atoms with E-state index in [4.69, 9.17) is 0 Å². The molecule has 0 bridgehead atoms. The average molecular weight is 279 g/mol. The van der Waals surface area contributed by atoms with Gasteiger partial charge >= 0.3 is 0 Å². The van der Waals surface area contributed by atoms with Crippen LogP contribution in [0.2, 0.25) is 0 Å². The maximum absolute atomic E-state index is 4.64. The molecule has 0 aliphatic heterocycles. The van der Waals surface area contributed by atoms with Crippen LogP contribution < -0.4 is 0 Å². The number of nitrogens with zero attached hydrogens (tertiary/aromatic N) is 3. The molecule has 0 N–H and O–H groups in total. The van der Waals surface area contributed by atoms with Gasteiger partial charge in [-0.2, -0.15) is 0 Å². The summed E-state index contributed by atoms with van der Waals surface area (Å²) in [7, 11) is 0. The molecule has 3 aromatic rings. The van der Waals surface area contributed by atoms with Crippen LogP contribution in [0.5, 0.6) is 0 Å². The second-order valence-electron chi connectivity index (χ2n) is 4.87. The Hall–Kier alpha value is -2.29. The number of pyridine rings is 1. The van der Waals surface area contributed by atoms with Crippen molar-refractivity contribution >= 4 is 10.9 Å². The zero-order valence-corrected chi connectivity index (χ0v) is 13.0. The number of aromatic nitrogens is 3. The summed E-state index contributed by atoms with van der Waals surface area (Å²) in [5.74, 6) is 1.19. The molecule has 3 rings (SSSR count). The minimum atomic E-state index is 0.469. The van der Waals surface area contributed by atoms with Crippen molar-refractivity contribution in [3.05, 3.63) is 54.5 Å². The van der Waals surface area contributed by atoms with E-state index >= 15 is 0 Å². The number of hydrogen-bond acceptors (Lipinski definition) is 3. The van der Waals surface area contributed by atoms with Gasteiger partial charge in [-0.1, -0.05) is 39.8 Å². The standard InChI is InChI=1S/C16H15N3.C2H6/c1-11(2)13-6-3-7-15-14(13)10-18-16(19-15)12-5-4-8-17-9-12;1-2/h3-11H,1-2H3;1-2H3. The highest BCUT2D eigenvalue weighted by molar-refractivity contribution is 5.83. The van der Waals surface area contributed by atoms with E-state index < -0.39 is 0 Å². The van der Waals surface area contributed by atoms with E-state index in [1.165, 1.54) is 5.56 Å². The van der Waals surface area contributed by atoms with Crippen LogP contribution in [0.1, 0.15) is 39.2 Å². The van der Waals surface area contributed by atoms with Crippen molar-refractivity contribution in [1.82, 2.24) is 15.0 Å². The van der Waals surface area contributed by atoms with E-state index in [-0.39, 0.29) is 0 Å². The van der Waals surface area contributed by atoms with Gasteiger partial charge in [-0.05, 0) is 29.7 Å². The Labute approximate surface area is 126 Å². The molecule has 0 saturated heterocycles. The molecule has 2 heterocycles. The Balaban J connectivity index is 0.000000774.